The van der Waals surface area contributed by atoms with Crippen molar-refractivity contribution in [1.29, 1.82) is 0 Å². The Balaban J connectivity index is 1.46. The Hall–Kier alpha value is -1.10. The van der Waals surface area contributed by atoms with Gasteiger partial charge in [-0.3, -0.25) is 9.80 Å². The Labute approximate surface area is 140 Å². The molecule has 128 valence electrons. The molecule has 0 aliphatic carbocycles. The molecule has 0 radical (unpaired) electrons. The number of benzene rings is 1. The van der Waals surface area contributed by atoms with Gasteiger partial charge in [-0.2, -0.15) is 0 Å². The largest absolute Gasteiger partial charge is 0.493 e. The molecule has 23 heavy (non-hydrogen) atoms. The first-order valence-electron chi connectivity index (χ1n) is 9.09. The van der Waals surface area contributed by atoms with E-state index in [9.17, 15) is 0 Å². The predicted molar refractivity (Wildman–Crippen MR) is 94.9 cm³/mol. The van der Waals surface area contributed by atoms with Crippen molar-refractivity contribution < 1.29 is 4.74 Å². The van der Waals surface area contributed by atoms with Gasteiger partial charge >= 0.3 is 0 Å². The lowest BCUT2D eigenvalue weighted by atomic mass is 10.2. The van der Waals surface area contributed by atoms with Crippen molar-refractivity contribution in [2.45, 2.75) is 32.9 Å². The van der Waals surface area contributed by atoms with Crippen LogP contribution in [0.3, 0.4) is 0 Å². The minimum atomic E-state index is 0.571. The minimum Gasteiger partial charge on any atom is -0.493 e. The maximum Gasteiger partial charge on any atom is 0.119 e. The lowest BCUT2D eigenvalue weighted by molar-refractivity contribution is 0.170. The monoisotopic (exact) mass is 317 g/mol. The molecule has 0 saturated carbocycles. The normalized spacial score (nSPS) is 23.5. The van der Waals surface area contributed by atoms with Crippen LogP contribution in [0.1, 0.15) is 25.8 Å². The van der Waals surface area contributed by atoms with Crippen LogP contribution in [-0.2, 0) is 6.54 Å². The molecule has 0 spiro atoms. The van der Waals surface area contributed by atoms with Gasteiger partial charge in [-0.15, -0.1) is 0 Å². The van der Waals surface area contributed by atoms with Crippen molar-refractivity contribution in [1.82, 2.24) is 15.1 Å². The second-order valence-corrected chi connectivity index (χ2v) is 7.31. The van der Waals surface area contributed by atoms with Gasteiger partial charge in [0.2, 0.25) is 0 Å². The highest BCUT2D eigenvalue weighted by Crippen LogP contribution is 2.20. The lowest BCUT2D eigenvalue weighted by Crippen LogP contribution is -2.49. The van der Waals surface area contributed by atoms with E-state index in [0.717, 1.165) is 38.0 Å². The molecule has 1 unspecified atom stereocenters. The van der Waals surface area contributed by atoms with Gasteiger partial charge in [0.15, 0.2) is 0 Å². The van der Waals surface area contributed by atoms with E-state index in [1.54, 1.807) is 0 Å². The number of likely N-dealkylation sites (tertiary alicyclic amines) is 1. The van der Waals surface area contributed by atoms with E-state index in [1.165, 1.54) is 38.2 Å². The Kier molecular flexibility index (Phi) is 5.92. The molecule has 1 N–H and O–H groups in total. The Morgan fingerprint density at radius 1 is 1.13 bits per heavy atom. The summed E-state index contributed by atoms with van der Waals surface area (Å²) in [6.07, 6.45) is 1.32. The van der Waals surface area contributed by atoms with E-state index in [2.05, 4.69) is 53.2 Å². The number of ether oxygens (including phenoxy) is 1. The molecule has 4 nitrogen and oxygen atoms in total. The third-order valence-electron chi connectivity index (χ3n) is 4.83. The van der Waals surface area contributed by atoms with Crippen LogP contribution in [-0.4, -0.2) is 61.7 Å². The van der Waals surface area contributed by atoms with Gasteiger partial charge in [-0.1, -0.05) is 26.0 Å². The first-order chi connectivity index (χ1) is 11.2. The molecular formula is C19H31N3O. The maximum atomic E-state index is 5.76. The van der Waals surface area contributed by atoms with Crippen molar-refractivity contribution in [2.24, 2.45) is 5.92 Å². The van der Waals surface area contributed by atoms with Crippen LogP contribution < -0.4 is 10.1 Å². The summed E-state index contributed by atoms with van der Waals surface area (Å²) in [5.41, 5.74) is 1.39. The molecule has 3 rings (SSSR count). The summed E-state index contributed by atoms with van der Waals surface area (Å²) in [6.45, 7) is 13.4. The van der Waals surface area contributed by atoms with Crippen molar-refractivity contribution >= 4 is 0 Å². The molecular weight excluding hydrogens is 286 g/mol. The van der Waals surface area contributed by atoms with Crippen LogP contribution in [0, 0.1) is 5.92 Å². The third kappa shape index (κ3) is 4.93. The SMILES string of the molecule is CC(C)COc1ccc(CN2CCC(N3CCNCC3)C2)cc1. The van der Waals surface area contributed by atoms with Crippen LogP contribution in [0.4, 0.5) is 0 Å². The molecule has 1 aromatic carbocycles. The van der Waals surface area contributed by atoms with Crippen molar-refractivity contribution in [3.8, 4) is 5.75 Å². The Bertz CT molecular complexity index is 468. The van der Waals surface area contributed by atoms with Crippen molar-refractivity contribution in [2.75, 3.05) is 45.9 Å². The minimum absolute atomic E-state index is 0.571. The van der Waals surface area contributed by atoms with E-state index in [4.69, 9.17) is 4.74 Å². The zero-order valence-corrected chi connectivity index (χ0v) is 14.6. The number of rotatable bonds is 6. The first-order valence-corrected chi connectivity index (χ1v) is 9.09. The van der Waals surface area contributed by atoms with Crippen molar-refractivity contribution in [3.05, 3.63) is 29.8 Å². The third-order valence-corrected chi connectivity index (χ3v) is 4.83. The van der Waals surface area contributed by atoms with E-state index >= 15 is 0 Å². The number of nitrogens with one attached hydrogen (secondary N) is 1. The van der Waals surface area contributed by atoms with Crippen LogP contribution >= 0.6 is 0 Å². The quantitative estimate of drug-likeness (QED) is 0.870. The molecule has 2 saturated heterocycles. The Morgan fingerprint density at radius 2 is 1.87 bits per heavy atom. The van der Waals surface area contributed by atoms with E-state index in [1.807, 2.05) is 0 Å². The van der Waals surface area contributed by atoms with E-state index in [-0.39, 0.29) is 0 Å². The highest BCUT2D eigenvalue weighted by Gasteiger charge is 2.28. The van der Waals surface area contributed by atoms with Gasteiger partial charge in [0.05, 0.1) is 6.61 Å². The smallest absolute Gasteiger partial charge is 0.119 e. The van der Waals surface area contributed by atoms with Crippen LogP contribution in [0.5, 0.6) is 5.75 Å². The van der Waals surface area contributed by atoms with Gasteiger partial charge in [-0.05, 0) is 30.0 Å². The summed E-state index contributed by atoms with van der Waals surface area (Å²) in [5.74, 6) is 1.56. The zero-order chi connectivity index (χ0) is 16.1. The van der Waals surface area contributed by atoms with Gasteiger partial charge in [-0.25, -0.2) is 0 Å². The van der Waals surface area contributed by atoms with E-state index < -0.39 is 0 Å². The van der Waals surface area contributed by atoms with Crippen LogP contribution in [0.15, 0.2) is 24.3 Å². The van der Waals surface area contributed by atoms with Crippen molar-refractivity contribution in [3.63, 3.8) is 0 Å². The molecule has 1 aromatic rings. The number of hydrogen-bond donors (Lipinski definition) is 1. The highest BCUT2D eigenvalue weighted by molar-refractivity contribution is 5.27. The first kappa shape index (κ1) is 16.7. The molecule has 1 atom stereocenters. The standard InChI is InChI=1S/C19H31N3O/c1-16(2)15-23-19-5-3-17(4-6-19)13-21-10-7-18(14-21)22-11-8-20-9-12-22/h3-6,16,18,20H,7-15H2,1-2H3. The molecule has 2 heterocycles. The fourth-order valence-electron chi connectivity index (χ4n) is 3.51. The predicted octanol–water partition coefficient (Wildman–Crippen LogP) is 2.20. The van der Waals surface area contributed by atoms with E-state index in [0.29, 0.717) is 5.92 Å². The molecule has 2 aliphatic heterocycles. The van der Waals surface area contributed by atoms with Gasteiger partial charge in [0.1, 0.15) is 5.75 Å². The second kappa shape index (κ2) is 8.13. The summed E-state index contributed by atoms with van der Waals surface area (Å²) in [6, 6.07) is 9.41. The number of nitrogens with zero attached hydrogens (tertiary/aromatic N) is 2. The molecule has 0 bridgehead atoms. The molecule has 0 aromatic heterocycles. The van der Waals surface area contributed by atoms with Gasteiger partial charge in [0.25, 0.3) is 0 Å². The average molecular weight is 317 g/mol. The number of piperazine rings is 1. The summed E-state index contributed by atoms with van der Waals surface area (Å²) in [7, 11) is 0. The number of hydrogen-bond acceptors (Lipinski definition) is 4. The second-order valence-electron chi connectivity index (χ2n) is 7.31. The van der Waals surface area contributed by atoms with Crippen LogP contribution in [0.2, 0.25) is 0 Å². The molecule has 4 heteroatoms. The van der Waals surface area contributed by atoms with Gasteiger partial charge in [0, 0.05) is 51.9 Å². The fraction of sp³-hybridized carbons (Fsp3) is 0.684. The lowest BCUT2D eigenvalue weighted by Gasteiger charge is -2.32. The molecule has 2 aliphatic rings. The summed E-state index contributed by atoms with van der Waals surface area (Å²) < 4.78 is 5.76. The van der Waals surface area contributed by atoms with Gasteiger partial charge < -0.3 is 10.1 Å². The molecule has 2 fully saturated rings. The topological polar surface area (TPSA) is 27.7 Å². The fourth-order valence-corrected chi connectivity index (χ4v) is 3.51. The van der Waals surface area contributed by atoms with Crippen LogP contribution in [0.25, 0.3) is 0 Å². The average Bonchev–Trinajstić information content (AvgIpc) is 3.03. The molecule has 0 amide bonds. The summed E-state index contributed by atoms with van der Waals surface area (Å²) in [4.78, 5) is 5.26. The summed E-state index contributed by atoms with van der Waals surface area (Å²) in [5, 5.41) is 3.44. The summed E-state index contributed by atoms with van der Waals surface area (Å²) >= 11 is 0. The zero-order valence-electron chi connectivity index (χ0n) is 14.6. The Morgan fingerprint density at radius 3 is 2.57 bits per heavy atom. The highest BCUT2D eigenvalue weighted by atomic mass is 16.5. The maximum absolute atomic E-state index is 5.76.